The molecule has 1 aromatic rings. The molecular formula is C11H12ClIN2O3. The van der Waals surface area contributed by atoms with E-state index in [1.807, 2.05) is 0 Å². The third kappa shape index (κ3) is 4.34. The maximum Gasteiger partial charge on any atom is 0.326 e. The van der Waals surface area contributed by atoms with Gasteiger partial charge >= 0.3 is 12.0 Å². The first-order valence-corrected chi connectivity index (χ1v) is 6.65. The SMILES string of the molecule is CC[C@H](NC(=O)Nc1ccc(I)cc1Cl)C(=O)O. The van der Waals surface area contributed by atoms with Crippen molar-refractivity contribution in [2.45, 2.75) is 19.4 Å². The van der Waals surface area contributed by atoms with Crippen LogP contribution in [-0.2, 0) is 4.79 Å². The van der Waals surface area contributed by atoms with E-state index >= 15 is 0 Å². The summed E-state index contributed by atoms with van der Waals surface area (Å²) in [5, 5.41) is 14.1. The highest BCUT2D eigenvalue weighted by molar-refractivity contribution is 14.1. The second kappa shape index (κ2) is 6.79. The van der Waals surface area contributed by atoms with Gasteiger partial charge in [0.25, 0.3) is 0 Å². The molecular weight excluding hydrogens is 370 g/mol. The summed E-state index contributed by atoms with van der Waals surface area (Å²) in [6.45, 7) is 1.68. The molecule has 0 fully saturated rings. The lowest BCUT2D eigenvalue weighted by Gasteiger charge is -2.13. The number of carbonyl (C=O) groups is 2. The van der Waals surface area contributed by atoms with E-state index in [-0.39, 0.29) is 0 Å². The van der Waals surface area contributed by atoms with Gasteiger partial charge in [-0.1, -0.05) is 18.5 Å². The Kier molecular flexibility index (Phi) is 5.67. The first-order chi connectivity index (χ1) is 8.43. The molecule has 2 amide bonds. The Morgan fingerprint density at radius 1 is 1.50 bits per heavy atom. The molecule has 0 aliphatic heterocycles. The Labute approximate surface area is 123 Å². The van der Waals surface area contributed by atoms with Crippen LogP contribution < -0.4 is 10.6 Å². The van der Waals surface area contributed by atoms with Gasteiger partial charge in [-0.05, 0) is 47.2 Å². The van der Waals surface area contributed by atoms with Crippen LogP contribution in [0.4, 0.5) is 10.5 Å². The van der Waals surface area contributed by atoms with Crippen molar-refractivity contribution in [3.8, 4) is 0 Å². The molecule has 0 radical (unpaired) electrons. The zero-order valence-corrected chi connectivity index (χ0v) is 12.4. The van der Waals surface area contributed by atoms with E-state index in [4.69, 9.17) is 16.7 Å². The minimum absolute atomic E-state index is 0.309. The molecule has 7 heteroatoms. The minimum atomic E-state index is -1.07. The summed E-state index contributed by atoms with van der Waals surface area (Å²) >= 11 is 8.04. The number of hydrogen-bond acceptors (Lipinski definition) is 2. The van der Waals surface area contributed by atoms with Crippen LogP contribution in [0.15, 0.2) is 18.2 Å². The number of halogens is 2. The highest BCUT2D eigenvalue weighted by Gasteiger charge is 2.17. The minimum Gasteiger partial charge on any atom is -0.480 e. The van der Waals surface area contributed by atoms with Gasteiger partial charge < -0.3 is 15.7 Å². The number of carboxylic acid groups (broad SMARTS) is 1. The molecule has 0 saturated carbocycles. The first kappa shape index (κ1) is 15.0. The lowest BCUT2D eigenvalue weighted by Crippen LogP contribution is -2.42. The molecule has 98 valence electrons. The smallest absolute Gasteiger partial charge is 0.326 e. The molecule has 18 heavy (non-hydrogen) atoms. The number of carbonyl (C=O) groups excluding carboxylic acids is 1. The van der Waals surface area contributed by atoms with E-state index in [9.17, 15) is 9.59 Å². The van der Waals surface area contributed by atoms with Crippen molar-refractivity contribution >= 4 is 51.9 Å². The predicted octanol–water partition coefficient (Wildman–Crippen LogP) is 2.93. The average molecular weight is 383 g/mol. The number of nitrogens with one attached hydrogen (secondary N) is 2. The van der Waals surface area contributed by atoms with Gasteiger partial charge in [0, 0.05) is 3.57 Å². The topological polar surface area (TPSA) is 78.4 Å². The largest absolute Gasteiger partial charge is 0.480 e. The van der Waals surface area contributed by atoms with E-state index in [1.54, 1.807) is 25.1 Å². The molecule has 1 atom stereocenters. The molecule has 0 heterocycles. The number of aliphatic carboxylic acids is 1. The van der Waals surface area contributed by atoms with Crippen LogP contribution in [0.3, 0.4) is 0 Å². The fourth-order valence-electron chi connectivity index (χ4n) is 1.25. The Bertz CT molecular complexity index is 468. The van der Waals surface area contributed by atoms with Crippen LogP contribution in [0.2, 0.25) is 5.02 Å². The predicted molar refractivity (Wildman–Crippen MR) is 78.0 cm³/mol. The van der Waals surface area contributed by atoms with Gasteiger partial charge in [-0.3, -0.25) is 0 Å². The van der Waals surface area contributed by atoms with Crippen LogP contribution in [0.1, 0.15) is 13.3 Å². The number of hydrogen-bond donors (Lipinski definition) is 3. The van der Waals surface area contributed by atoms with Crippen molar-refractivity contribution in [2.24, 2.45) is 0 Å². The number of carboxylic acids is 1. The van der Waals surface area contributed by atoms with Crippen molar-refractivity contribution in [3.63, 3.8) is 0 Å². The van der Waals surface area contributed by atoms with Crippen LogP contribution in [0.5, 0.6) is 0 Å². The number of anilines is 1. The fraction of sp³-hybridized carbons (Fsp3) is 0.273. The van der Waals surface area contributed by atoms with Gasteiger partial charge in [-0.15, -0.1) is 0 Å². The number of benzene rings is 1. The molecule has 5 nitrogen and oxygen atoms in total. The molecule has 0 bridgehead atoms. The molecule has 1 rings (SSSR count). The maximum absolute atomic E-state index is 11.6. The summed E-state index contributed by atoms with van der Waals surface area (Å²) in [5.41, 5.74) is 0.440. The fourth-order valence-corrected chi connectivity index (χ4v) is 2.15. The van der Waals surface area contributed by atoms with Gasteiger partial charge in [-0.2, -0.15) is 0 Å². The lowest BCUT2D eigenvalue weighted by molar-refractivity contribution is -0.139. The molecule has 0 unspecified atom stereocenters. The zero-order chi connectivity index (χ0) is 13.7. The van der Waals surface area contributed by atoms with Crippen LogP contribution in [-0.4, -0.2) is 23.1 Å². The monoisotopic (exact) mass is 382 g/mol. The summed E-state index contributed by atoms with van der Waals surface area (Å²) < 4.78 is 0.945. The van der Waals surface area contributed by atoms with E-state index in [2.05, 4.69) is 33.2 Å². The molecule has 0 aliphatic carbocycles. The third-order valence-corrected chi connectivity index (χ3v) is 3.17. The maximum atomic E-state index is 11.6. The summed E-state index contributed by atoms with van der Waals surface area (Å²) in [6.07, 6.45) is 0.309. The van der Waals surface area contributed by atoms with Crippen LogP contribution in [0.25, 0.3) is 0 Å². The lowest BCUT2D eigenvalue weighted by atomic mass is 10.2. The Hall–Kier alpha value is -1.02. The Balaban J connectivity index is 2.67. The Morgan fingerprint density at radius 2 is 2.17 bits per heavy atom. The summed E-state index contributed by atoms with van der Waals surface area (Å²) in [7, 11) is 0. The molecule has 0 spiro atoms. The van der Waals surface area contributed by atoms with Crippen molar-refractivity contribution in [1.29, 1.82) is 0 Å². The normalized spacial score (nSPS) is 11.7. The van der Waals surface area contributed by atoms with Crippen molar-refractivity contribution in [3.05, 3.63) is 26.8 Å². The van der Waals surface area contributed by atoms with Gasteiger partial charge in [-0.25, -0.2) is 9.59 Å². The summed E-state index contributed by atoms with van der Waals surface area (Å²) in [5.74, 6) is -1.07. The van der Waals surface area contributed by atoms with Crippen molar-refractivity contribution in [2.75, 3.05) is 5.32 Å². The zero-order valence-electron chi connectivity index (χ0n) is 9.54. The molecule has 0 saturated heterocycles. The van der Waals surface area contributed by atoms with E-state index in [1.165, 1.54) is 0 Å². The second-order valence-corrected chi connectivity index (χ2v) is 5.17. The average Bonchev–Trinajstić information content (AvgIpc) is 2.29. The van der Waals surface area contributed by atoms with E-state index in [0.29, 0.717) is 17.1 Å². The molecule has 3 N–H and O–H groups in total. The Morgan fingerprint density at radius 3 is 2.67 bits per heavy atom. The van der Waals surface area contributed by atoms with Crippen LogP contribution in [0, 0.1) is 3.57 Å². The van der Waals surface area contributed by atoms with E-state index < -0.39 is 18.0 Å². The quantitative estimate of drug-likeness (QED) is 0.701. The van der Waals surface area contributed by atoms with Gasteiger partial charge in [0.15, 0.2) is 0 Å². The van der Waals surface area contributed by atoms with Crippen molar-refractivity contribution < 1.29 is 14.7 Å². The molecule has 0 aliphatic rings. The summed E-state index contributed by atoms with van der Waals surface area (Å²) in [4.78, 5) is 22.3. The highest BCUT2D eigenvalue weighted by atomic mass is 127. The number of amides is 2. The van der Waals surface area contributed by atoms with Gasteiger partial charge in [0.05, 0.1) is 10.7 Å². The standard InChI is InChI=1S/C11H12ClIN2O3/c1-2-8(10(16)17)14-11(18)15-9-4-3-6(13)5-7(9)12/h3-5,8H,2H2,1H3,(H,16,17)(H2,14,15,18)/t8-/m0/s1. The first-order valence-electron chi connectivity index (χ1n) is 5.19. The molecule has 0 aromatic heterocycles. The highest BCUT2D eigenvalue weighted by Crippen LogP contribution is 2.23. The van der Waals surface area contributed by atoms with Crippen molar-refractivity contribution in [1.82, 2.24) is 5.32 Å². The molecule has 1 aromatic carbocycles. The second-order valence-electron chi connectivity index (χ2n) is 3.52. The van der Waals surface area contributed by atoms with Gasteiger partial charge in [0.2, 0.25) is 0 Å². The third-order valence-electron chi connectivity index (χ3n) is 2.19. The number of urea groups is 1. The summed E-state index contributed by atoms with van der Waals surface area (Å²) in [6, 6.07) is 3.65. The van der Waals surface area contributed by atoms with E-state index in [0.717, 1.165) is 3.57 Å². The van der Waals surface area contributed by atoms with Crippen LogP contribution >= 0.6 is 34.2 Å². The number of rotatable bonds is 4. The van der Waals surface area contributed by atoms with Gasteiger partial charge in [0.1, 0.15) is 6.04 Å².